The minimum atomic E-state index is -1.32. The van der Waals surface area contributed by atoms with Gasteiger partial charge < -0.3 is 5.11 Å². The lowest BCUT2D eigenvalue weighted by atomic mass is 10.1. The number of nitrogens with zero attached hydrogens (tertiary/aromatic N) is 1. The van der Waals surface area contributed by atoms with Crippen molar-refractivity contribution in [3.05, 3.63) is 32.6 Å². The lowest BCUT2D eigenvalue weighted by Gasteiger charge is -2.10. The van der Waals surface area contributed by atoms with Crippen LogP contribution in [0.3, 0.4) is 0 Å². The highest BCUT2D eigenvalue weighted by Crippen LogP contribution is 2.24. The Bertz CT molecular complexity index is 542. The number of aromatic carboxylic acids is 1. The Kier molecular flexibility index (Phi) is 3.37. The van der Waals surface area contributed by atoms with Gasteiger partial charge in [-0.05, 0) is 23.8 Å². The van der Waals surface area contributed by atoms with E-state index in [1.54, 1.807) is 0 Å². The number of carbonyl (C=O) groups is 1. The van der Waals surface area contributed by atoms with Crippen LogP contribution in [0.1, 0.15) is 16.8 Å². The molecule has 7 heteroatoms. The number of aromatic amines is 1. The van der Waals surface area contributed by atoms with Crippen molar-refractivity contribution in [1.82, 2.24) is 9.55 Å². The Hall–Kier alpha value is -1.50. The quantitative estimate of drug-likeness (QED) is 0.793. The fourth-order valence-corrected chi connectivity index (χ4v) is 3.07. The highest BCUT2D eigenvalue weighted by atomic mass is 32.2. The van der Waals surface area contributed by atoms with Crippen LogP contribution < -0.4 is 11.2 Å². The Morgan fingerprint density at radius 1 is 1.59 bits per heavy atom. The van der Waals surface area contributed by atoms with E-state index in [0.717, 1.165) is 24.1 Å². The van der Waals surface area contributed by atoms with Gasteiger partial charge in [0.05, 0.1) is 0 Å². The van der Waals surface area contributed by atoms with Gasteiger partial charge in [0.25, 0.3) is 5.56 Å². The van der Waals surface area contributed by atoms with Gasteiger partial charge in [-0.2, -0.15) is 11.8 Å². The second-order valence-corrected chi connectivity index (χ2v) is 5.14. The van der Waals surface area contributed by atoms with Gasteiger partial charge in [0.2, 0.25) is 0 Å². The van der Waals surface area contributed by atoms with Crippen LogP contribution >= 0.6 is 11.8 Å². The minimum Gasteiger partial charge on any atom is -0.477 e. The van der Waals surface area contributed by atoms with Crippen LogP contribution in [0, 0.1) is 5.92 Å². The summed E-state index contributed by atoms with van der Waals surface area (Å²) in [5, 5.41) is 8.80. The molecule has 0 spiro atoms. The largest absolute Gasteiger partial charge is 0.477 e. The van der Waals surface area contributed by atoms with E-state index in [1.165, 1.54) is 4.57 Å². The van der Waals surface area contributed by atoms with Crippen molar-refractivity contribution >= 4 is 17.7 Å². The normalized spacial score (nSPS) is 19.4. The average Bonchev–Trinajstić information content (AvgIpc) is 2.74. The zero-order chi connectivity index (χ0) is 12.4. The van der Waals surface area contributed by atoms with E-state index in [-0.39, 0.29) is 0 Å². The first-order chi connectivity index (χ1) is 8.08. The van der Waals surface area contributed by atoms with Crippen LogP contribution in [0.5, 0.6) is 0 Å². The summed E-state index contributed by atoms with van der Waals surface area (Å²) >= 11 is 1.82. The number of thioether (sulfide) groups is 1. The number of hydrogen-bond donors (Lipinski definition) is 2. The summed E-state index contributed by atoms with van der Waals surface area (Å²) in [6.07, 6.45) is 2.14. The molecule has 17 heavy (non-hydrogen) atoms. The van der Waals surface area contributed by atoms with E-state index < -0.39 is 22.8 Å². The molecule has 0 bridgehead atoms. The van der Waals surface area contributed by atoms with Crippen molar-refractivity contribution in [2.24, 2.45) is 5.92 Å². The second kappa shape index (κ2) is 4.79. The lowest BCUT2D eigenvalue weighted by molar-refractivity contribution is 0.0693. The highest BCUT2D eigenvalue weighted by Gasteiger charge is 2.18. The highest BCUT2D eigenvalue weighted by molar-refractivity contribution is 7.99. The van der Waals surface area contributed by atoms with Gasteiger partial charge in [-0.3, -0.25) is 14.3 Å². The van der Waals surface area contributed by atoms with E-state index in [9.17, 15) is 14.4 Å². The zero-order valence-corrected chi connectivity index (χ0v) is 9.83. The number of aromatic nitrogens is 2. The second-order valence-electron chi connectivity index (χ2n) is 3.99. The molecule has 2 heterocycles. The molecule has 0 aliphatic carbocycles. The number of rotatable bonds is 3. The molecule has 0 aromatic carbocycles. The summed E-state index contributed by atoms with van der Waals surface area (Å²) in [5.41, 5.74) is -1.79. The van der Waals surface area contributed by atoms with Gasteiger partial charge in [-0.1, -0.05) is 0 Å². The fraction of sp³-hybridized carbons (Fsp3) is 0.500. The van der Waals surface area contributed by atoms with Crippen LogP contribution in [-0.4, -0.2) is 32.1 Å². The molecule has 1 unspecified atom stereocenters. The molecule has 0 amide bonds. The molecule has 92 valence electrons. The smallest absolute Gasteiger partial charge is 0.342 e. The maximum Gasteiger partial charge on any atom is 0.342 e. The van der Waals surface area contributed by atoms with Gasteiger partial charge in [-0.15, -0.1) is 0 Å². The molecular formula is C10H12N2O4S. The molecule has 2 N–H and O–H groups in total. The van der Waals surface area contributed by atoms with Crippen LogP contribution in [0.2, 0.25) is 0 Å². The van der Waals surface area contributed by atoms with E-state index >= 15 is 0 Å². The maximum absolute atomic E-state index is 11.5. The van der Waals surface area contributed by atoms with Gasteiger partial charge in [0.1, 0.15) is 5.56 Å². The SMILES string of the molecule is O=C(O)c1cn(CC2CCSC2)c(=O)[nH]c1=O. The van der Waals surface area contributed by atoms with Crippen molar-refractivity contribution in [3.8, 4) is 0 Å². The summed E-state index contributed by atoms with van der Waals surface area (Å²) in [7, 11) is 0. The first kappa shape index (κ1) is 12.0. The topological polar surface area (TPSA) is 92.2 Å². The standard InChI is InChI=1S/C10H12N2O4S/c13-8-7(9(14)15)4-12(10(16)11-8)3-6-1-2-17-5-6/h4,6H,1-3,5H2,(H,14,15)(H,11,13,16). The van der Waals surface area contributed by atoms with Crippen LogP contribution in [0.25, 0.3) is 0 Å². The lowest BCUT2D eigenvalue weighted by Crippen LogP contribution is -2.34. The number of nitrogens with one attached hydrogen (secondary N) is 1. The Balaban J connectivity index is 2.33. The third-order valence-corrected chi connectivity index (χ3v) is 3.95. The van der Waals surface area contributed by atoms with Crippen LogP contribution in [0.4, 0.5) is 0 Å². The molecule has 0 radical (unpaired) electrons. The van der Waals surface area contributed by atoms with E-state index in [2.05, 4.69) is 0 Å². The predicted molar refractivity (Wildman–Crippen MR) is 63.7 cm³/mol. The summed E-state index contributed by atoms with van der Waals surface area (Å²) in [6, 6.07) is 0. The first-order valence-electron chi connectivity index (χ1n) is 5.22. The average molecular weight is 256 g/mol. The first-order valence-corrected chi connectivity index (χ1v) is 6.38. The molecule has 6 nitrogen and oxygen atoms in total. The minimum absolute atomic E-state index is 0.366. The molecule has 1 aromatic heterocycles. The summed E-state index contributed by atoms with van der Waals surface area (Å²) < 4.78 is 1.28. The number of hydrogen-bond acceptors (Lipinski definition) is 4. The van der Waals surface area contributed by atoms with E-state index in [1.807, 2.05) is 16.7 Å². The summed E-state index contributed by atoms with van der Waals surface area (Å²) in [4.78, 5) is 35.5. The van der Waals surface area contributed by atoms with Crippen LogP contribution in [0.15, 0.2) is 15.8 Å². The van der Waals surface area contributed by atoms with E-state index in [4.69, 9.17) is 5.11 Å². The van der Waals surface area contributed by atoms with Crippen molar-refractivity contribution in [2.45, 2.75) is 13.0 Å². The third-order valence-electron chi connectivity index (χ3n) is 2.72. The van der Waals surface area contributed by atoms with Crippen molar-refractivity contribution in [3.63, 3.8) is 0 Å². The number of H-pyrrole nitrogens is 1. The van der Waals surface area contributed by atoms with Gasteiger partial charge >= 0.3 is 11.7 Å². The fourth-order valence-electron chi connectivity index (χ4n) is 1.80. The zero-order valence-electron chi connectivity index (χ0n) is 9.01. The summed E-state index contributed by atoms with van der Waals surface area (Å²) in [6.45, 7) is 0.461. The molecule has 1 saturated heterocycles. The number of carboxylic acids is 1. The molecular weight excluding hydrogens is 244 g/mol. The molecule has 1 aliphatic rings. The van der Waals surface area contributed by atoms with E-state index in [0.29, 0.717) is 12.5 Å². The molecule has 2 rings (SSSR count). The monoisotopic (exact) mass is 256 g/mol. The van der Waals surface area contributed by atoms with Crippen molar-refractivity contribution in [1.29, 1.82) is 0 Å². The molecule has 1 aliphatic heterocycles. The van der Waals surface area contributed by atoms with Crippen molar-refractivity contribution in [2.75, 3.05) is 11.5 Å². The third kappa shape index (κ3) is 2.60. The molecule has 1 aromatic rings. The Morgan fingerprint density at radius 3 is 2.94 bits per heavy atom. The summed E-state index contributed by atoms with van der Waals surface area (Å²) in [5.74, 6) is 1.08. The van der Waals surface area contributed by atoms with Gasteiger partial charge in [0, 0.05) is 12.7 Å². The van der Waals surface area contributed by atoms with Gasteiger partial charge in [0.15, 0.2) is 0 Å². The molecule has 0 saturated carbocycles. The molecule has 1 fully saturated rings. The van der Waals surface area contributed by atoms with Crippen LogP contribution in [-0.2, 0) is 6.54 Å². The number of carboxylic acid groups (broad SMARTS) is 1. The maximum atomic E-state index is 11.5. The Labute approximate surface area is 101 Å². The Morgan fingerprint density at radius 2 is 2.35 bits per heavy atom. The van der Waals surface area contributed by atoms with Crippen molar-refractivity contribution < 1.29 is 9.90 Å². The molecule has 1 atom stereocenters. The predicted octanol–water partition coefficient (Wildman–Crippen LogP) is -0.0121. The van der Waals surface area contributed by atoms with Gasteiger partial charge in [-0.25, -0.2) is 9.59 Å².